The Kier molecular flexibility index (Phi) is 4.38. The average Bonchev–Trinajstić information content (AvgIpc) is 2.70. The highest BCUT2D eigenvalue weighted by Gasteiger charge is 2.41. The zero-order chi connectivity index (χ0) is 15.3. The molecule has 1 heterocycles. The van der Waals surface area contributed by atoms with Gasteiger partial charge in [0.1, 0.15) is 0 Å². The summed E-state index contributed by atoms with van der Waals surface area (Å²) in [5.41, 5.74) is 2.06. The highest BCUT2D eigenvalue weighted by molar-refractivity contribution is 6.26. The van der Waals surface area contributed by atoms with Crippen molar-refractivity contribution in [1.29, 1.82) is 0 Å². The maximum Gasteiger partial charge on any atom is 0.254 e. The van der Waals surface area contributed by atoms with Gasteiger partial charge in [0.05, 0.1) is 13.6 Å². The van der Waals surface area contributed by atoms with Crippen LogP contribution in [0.4, 0.5) is 0 Å². The third-order valence-corrected chi connectivity index (χ3v) is 4.10. The van der Waals surface area contributed by atoms with Crippen molar-refractivity contribution in [1.82, 2.24) is 4.57 Å². The van der Waals surface area contributed by atoms with E-state index in [0.29, 0.717) is 28.4 Å². The number of imidazole rings is 1. The van der Waals surface area contributed by atoms with Crippen LogP contribution in [0.25, 0.3) is 0 Å². The Morgan fingerprint density at radius 1 is 1.09 bits per heavy atom. The minimum absolute atomic E-state index is 0. The zero-order valence-electron chi connectivity index (χ0n) is 13.2. The monoisotopic (exact) mass is 362 g/mol. The molecule has 0 unspecified atom stereocenters. The van der Waals surface area contributed by atoms with Gasteiger partial charge in [-0.25, -0.2) is 9.13 Å². The van der Waals surface area contributed by atoms with Crippen molar-refractivity contribution in [2.24, 2.45) is 13.0 Å². The fourth-order valence-electron chi connectivity index (χ4n) is 3.00. The number of carbonyl (C=O) groups excluding carboxylic acids is 2. The number of carbonyl (C=O) groups is 2. The summed E-state index contributed by atoms with van der Waals surface area (Å²) >= 11 is 0. The molecule has 0 bridgehead atoms. The lowest BCUT2D eigenvalue weighted by atomic mass is 9.90. The van der Waals surface area contributed by atoms with Crippen molar-refractivity contribution in [2.75, 3.05) is 0 Å². The predicted molar refractivity (Wildman–Crippen MR) is 78.5 cm³/mol. The second-order valence-electron chi connectivity index (χ2n) is 6.01. The van der Waals surface area contributed by atoms with Gasteiger partial charge in [0, 0.05) is 18.1 Å². The molecule has 0 saturated carbocycles. The topological polar surface area (TPSA) is 43.0 Å². The number of hydrogen-bond donors (Lipinski definition) is 0. The van der Waals surface area contributed by atoms with Gasteiger partial charge in [-0.3, -0.25) is 9.59 Å². The standard InChI is InChI=1S/C17H19N2O2.BrH/c1-10(2)9-19-11(3)18(4)14-15(19)17(21)13-8-6-5-7-12(13)16(14)20;/h5-8,10H,9H2,1-4H3;1H/q+1;/p-1. The Bertz CT molecular complexity index is 775. The summed E-state index contributed by atoms with van der Waals surface area (Å²) in [5.74, 6) is 1.22. The molecule has 1 aliphatic carbocycles. The number of rotatable bonds is 2. The van der Waals surface area contributed by atoms with E-state index in [1.165, 1.54) is 0 Å². The van der Waals surface area contributed by atoms with E-state index in [0.717, 1.165) is 12.4 Å². The van der Waals surface area contributed by atoms with Crippen molar-refractivity contribution in [3.8, 4) is 0 Å². The fraction of sp³-hybridized carbons (Fsp3) is 0.353. The smallest absolute Gasteiger partial charge is 0.254 e. The van der Waals surface area contributed by atoms with Crippen LogP contribution in [0.2, 0.25) is 0 Å². The highest BCUT2D eigenvalue weighted by Crippen LogP contribution is 2.27. The van der Waals surface area contributed by atoms with E-state index in [2.05, 4.69) is 13.8 Å². The molecule has 3 rings (SSSR count). The quantitative estimate of drug-likeness (QED) is 0.552. The van der Waals surface area contributed by atoms with Gasteiger partial charge < -0.3 is 17.0 Å². The van der Waals surface area contributed by atoms with Crippen LogP contribution in [0.3, 0.4) is 0 Å². The molecular weight excluding hydrogens is 344 g/mol. The van der Waals surface area contributed by atoms with Crippen LogP contribution < -0.4 is 21.5 Å². The molecule has 0 spiro atoms. The third kappa shape index (κ3) is 2.24. The van der Waals surface area contributed by atoms with Crippen molar-refractivity contribution >= 4 is 11.6 Å². The summed E-state index contributed by atoms with van der Waals surface area (Å²) in [6.45, 7) is 6.89. The highest BCUT2D eigenvalue weighted by atomic mass is 79.9. The van der Waals surface area contributed by atoms with Crippen LogP contribution in [-0.2, 0) is 13.6 Å². The van der Waals surface area contributed by atoms with Gasteiger partial charge in [-0.2, -0.15) is 0 Å². The van der Waals surface area contributed by atoms with E-state index in [4.69, 9.17) is 0 Å². The fourth-order valence-corrected chi connectivity index (χ4v) is 3.00. The third-order valence-electron chi connectivity index (χ3n) is 4.10. The lowest BCUT2D eigenvalue weighted by molar-refractivity contribution is -0.679. The van der Waals surface area contributed by atoms with Gasteiger partial charge in [-0.1, -0.05) is 38.1 Å². The minimum Gasteiger partial charge on any atom is -1.00 e. The maximum atomic E-state index is 12.8. The number of halogens is 1. The molecule has 0 atom stereocenters. The molecule has 0 aliphatic heterocycles. The lowest BCUT2D eigenvalue weighted by Gasteiger charge is -2.12. The van der Waals surface area contributed by atoms with Crippen molar-refractivity contribution in [3.05, 3.63) is 52.6 Å². The summed E-state index contributed by atoms with van der Waals surface area (Å²) in [4.78, 5) is 25.6. The van der Waals surface area contributed by atoms with Gasteiger partial charge in [0.15, 0.2) is 0 Å². The Labute approximate surface area is 140 Å². The molecule has 2 aromatic rings. The first kappa shape index (κ1) is 16.6. The second-order valence-corrected chi connectivity index (χ2v) is 6.01. The SMILES string of the molecule is Cc1n(CC(C)C)c2c([n+]1C)C(=O)c1ccccc1C2=O.[Br-]. The summed E-state index contributed by atoms with van der Waals surface area (Å²) in [5, 5.41) is 0. The van der Waals surface area contributed by atoms with Gasteiger partial charge >= 0.3 is 0 Å². The van der Waals surface area contributed by atoms with Gasteiger partial charge in [-0.05, 0) is 5.92 Å². The molecule has 22 heavy (non-hydrogen) atoms. The van der Waals surface area contributed by atoms with Crippen LogP contribution in [0.1, 0.15) is 51.8 Å². The van der Waals surface area contributed by atoms with E-state index in [1.807, 2.05) is 23.1 Å². The maximum absolute atomic E-state index is 12.8. The summed E-state index contributed by atoms with van der Waals surface area (Å²) in [6.07, 6.45) is 0. The van der Waals surface area contributed by atoms with Crippen molar-refractivity contribution in [2.45, 2.75) is 27.3 Å². The largest absolute Gasteiger partial charge is 1.00 e. The molecule has 1 aliphatic rings. The predicted octanol–water partition coefficient (Wildman–Crippen LogP) is -0.944. The Morgan fingerprint density at radius 3 is 2.18 bits per heavy atom. The number of benzene rings is 1. The van der Waals surface area contributed by atoms with E-state index in [-0.39, 0.29) is 28.5 Å². The van der Waals surface area contributed by atoms with Gasteiger partial charge in [-0.15, -0.1) is 0 Å². The first-order valence-electron chi connectivity index (χ1n) is 7.21. The zero-order valence-corrected chi connectivity index (χ0v) is 14.8. The second kappa shape index (κ2) is 5.80. The van der Waals surface area contributed by atoms with Crippen LogP contribution >= 0.6 is 0 Å². The Balaban J connectivity index is 0.00000176. The molecule has 0 amide bonds. The molecule has 5 heteroatoms. The molecule has 116 valence electrons. The van der Waals surface area contributed by atoms with Crippen LogP contribution in [0.5, 0.6) is 0 Å². The van der Waals surface area contributed by atoms with E-state index in [9.17, 15) is 9.59 Å². The van der Waals surface area contributed by atoms with Gasteiger partial charge in [0.2, 0.25) is 23.0 Å². The molecule has 1 aromatic heterocycles. The Hall–Kier alpha value is -1.75. The molecule has 0 N–H and O–H groups in total. The molecule has 4 nitrogen and oxygen atoms in total. The molecule has 0 saturated heterocycles. The van der Waals surface area contributed by atoms with Gasteiger partial charge in [0.25, 0.3) is 5.82 Å². The lowest BCUT2D eigenvalue weighted by Crippen LogP contribution is -3.00. The van der Waals surface area contributed by atoms with Crippen LogP contribution in [-0.4, -0.2) is 16.1 Å². The van der Waals surface area contributed by atoms with Crippen LogP contribution in [0, 0.1) is 12.8 Å². The molecular formula is C17H19BrN2O2. The van der Waals surface area contributed by atoms with Crippen LogP contribution in [0.15, 0.2) is 24.3 Å². The first-order chi connectivity index (χ1) is 9.93. The molecule has 0 fully saturated rings. The molecule has 0 radical (unpaired) electrons. The Morgan fingerprint density at radius 2 is 1.64 bits per heavy atom. The number of hydrogen-bond acceptors (Lipinski definition) is 2. The van der Waals surface area contributed by atoms with E-state index in [1.54, 1.807) is 24.3 Å². The van der Waals surface area contributed by atoms with E-state index < -0.39 is 0 Å². The van der Waals surface area contributed by atoms with Crippen molar-refractivity contribution < 1.29 is 31.1 Å². The number of ketones is 2. The average molecular weight is 363 g/mol. The van der Waals surface area contributed by atoms with Crippen molar-refractivity contribution in [3.63, 3.8) is 0 Å². The normalized spacial score (nSPS) is 13.0. The summed E-state index contributed by atoms with van der Waals surface area (Å²) < 4.78 is 3.82. The summed E-state index contributed by atoms with van der Waals surface area (Å²) in [7, 11) is 1.85. The first-order valence-corrected chi connectivity index (χ1v) is 7.21. The van der Waals surface area contributed by atoms with E-state index >= 15 is 0 Å². The summed E-state index contributed by atoms with van der Waals surface area (Å²) in [6, 6.07) is 7.07. The number of fused-ring (bicyclic) bond motifs is 2. The number of aromatic nitrogens is 2. The molecule has 1 aromatic carbocycles. The minimum atomic E-state index is -0.0618. The number of nitrogens with zero attached hydrogens (tertiary/aromatic N) is 2.